The largest absolute Gasteiger partial charge is 0.477 e. The number of halogens is 2. The van der Waals surface area contributed by atoms with Crippen molar-refractivity contribution in [3.05, 3.63) is 62.8 Å². The fourth-order valence-corrected chi connectivity index (χ4v) is 2.37. The number of amides is 1. The van der Waals surface area contributed by atoms with Crippen molar-refractivity contribution in [2.45, 2.75) is 6.54 Å². The molecule has 108 valence electrons. The molecule has 0 bridgehead atoms. The van der Waals surface area contributed by atoms with Gasteiger partial charge in [0.1, 0.15) is 5.69 Å². The highest BCUT2D eigenvalue weighted by molar-refractivity contribution is 9.10. The van der Waals surface area contributed by atoms with Crippen LogP contribution < -0.4 is 5.32 Å². The predicted molar refractivity (Wildman–Crippen MR) is 81.5 cm³/mol. The fraction of sp³-hybridized carbons (Fsp3) is 0.0714. The zero-order chi connectivity index (χ0) is 15.4. The zero-order valence-corrected chi connectivity index (χ0v) is 13.0. The molecule has 0 aliphatic carbocycles. The van der Waals surface area contributed by atoms with Gasteiger partial charge in [-0.1, -0.05) is 33.6 Å². The monoisotopic (exact) mass is 368 g/mol. The number of rotatable bonds is 4. The Balaban J connectivity index is 2.02. The number of nitrogens with one attached hydrogen (secondary N) is 1. The van der Waals surface area contributed by atoms with E-state index in [0.717, 1.165) is 4.47 Å². The molecule has 2 aromatic rings. The van der Waals surface area contributed by atoms with Gasteiger partial charge < -0.3 is 10.4 Å². The Bertz CT molecular complexity index is 689. The average molecular weight is 370 g/mol. The number of carboxylic acids is 1. The SMILES string of the molecule is O=C(O)c1ccc(CNC(=O)c2ccc(Br)cc2Cl)cn1. The summed E-state index contributed by atoms with van der Waals surface area (Å²) < 4.78 is 0.789. The second-order valence-electron chi connectivity index (χ2n) is 4.16. The molecule has 0 aliphatic rings. The molecule has 0 fully saturated rings. The molecule has 1 aromatic heterocycles. The van der Waals surface area contributed by atoms with Crippen LogP contribution in [-0.4, -0.2) is 22.0 Å². The molecular formula is C14H10BrClN2O3. The van der Waals surface area contributed by atoms with E-state index in [1.54, 1.807) is 24.3 Å². The smallest absolute Gasteiger partial charge is 0.354 e. The molecule has 0 unspecified atom stereocenters. The zero-order valence-electron chi connectivity index (χ0n) is 10.6. The lowest BCUT2D eigenvalue weighted by molar-refractivity contribution is 0.0690. The van der Waals surface area contributed by atoms with Crippen LogP contribution in [0.25, 0.3) is 0 Å². The van der Waals surface area contributed by atoms with Crippen molar-refractivity contribution in [2.75, 3.05) is 0 Å². The number of hydrogen-bond acceptors (Lipinski definition) is 3. The third kappa shape index (κ3) is 4.03. The number of pyridine rings is 1. The highest BCUT2D eigenvalue weighted by Gasteiger charge is 2.10. The normalized spacial score (nSPS) is 10.2. The van der Waals surface area contributed by atoms with Crippen LogP contribution >= 0.6 is 27.5 Å². The van der Waals surface area contributed by atoms with Gasteiger partial charge in [-0.25, -0.2) is 9.78 Å². The Morgan fingerprint density at radius 2 is 2.05 bits per heavy atom. The number of carbonyl (C=O) groups is 2. The summed E-state index contributed by atoms with van der Waals surface area (Å²) in [5.41, 5.74) is 1.03. The first-order valence-corrected chi connectivity index (χ1v) is 7.06. The quantitative estimate of drug-likeness (QED) is 0.868. The van der Waals surface area contributed by atoms with Crippen LogP contribution in [0.15, 0.2) is 41.0 Å². The summed E-state index contributed by atoms with van der Waals surface area (Å²) >= 11 is 9.26. The van der Waals surface area contributed by atoms with E-state index in [4.69, 9.17) is 16.7 Å². The van der Waals surface area contributed by atoms with E-state index >= 15 is 0 Å². The minimum atomic E-state index is -1.09. The van der Waals surface area contributed by atoms with Crippen LogP contribution in [0.4, 0.5) is 0 Å². The molecule has 0 saturated carbocycles. The number of nitrogens with zero attached hydrogens (tertiary/aromatic N) is 1. The molecule has 2 N–H and O–H groups in total. The van der Waals surface area contributed by atoms with Gasteiger partial charge in [0.25, 0.3) is 5.91 Å². The van der Waals surface area contributed by atoms with Gasteiger partial charge in [0.05, 0.1) is 10.6 Å². The minimum Gasteiger partial charge on any atom is -0.477 e. The molecule has 5 nitrogen and oxygen atoms in total. The predicted octanol–water partition coefficient (Wildman–Crippen LogP) is 3.13. The highest BCUT2D eigenvalue weighted by Crippen LogP contribution is 2.21. The van der Waals surface area contributed by atoms with Crippen molar-refractivity contribution in [3.63, 3.8) is 0 Å². The molecule has 1 amide bonds. The Hall–Kier alpha value is -1.92. The summed E-state index contributed by atoms with van der Waals surface area (Å²) in [5.74, 6) is -1.40. The van der Waals surface area contributed by atoms with E-state index in [9.17, 15) is 9.59 Å². The van der Waals surface area contributed by atoms with Crippen LogP contribution in [0.5, 0.6) is 0 Å². The first-order valence-electron chi connectivity index (χ1n) is 5.89. The topological polar surface area (TPSA) is 79.3 Å². The lowest BCUT2D eigenvalue weighted by atomic mass is 10.2. The van der Waals surface area contributed by atoms with E-state index in [-0.39, 0.29) is 18.1 Å². The molecule has 1 aromatic carbocycles. The Kier molecular flexibility index (Phi) is 4.93. The number of benzene rings is 1. The van der Waals surface area contributed by atoms with Crippen molar-refractivity contribution >= 4 is 39.4 Å². The molecule has 21 heavy (non-hydrogen) atoms. The van der Waals surface area contributed by atoms with Gasteiger partial charge in [-0.3, -0.25) is 4.79 Å². The maximum absolute atomic E-state index is 12.0. The molecule has 0 atom stereocenters. The van der Waals surface area contributed by atoms with Crippen LogP contribution in [-0.2, 0) is 6.54 Å². The number of carboxylic acid groups (broad SMARTS) is 1. The van der Waals surface area contributed by atoms with Crippen molar-refractivity contribution in [1.82, 2.24) is 10.3 Å². The van der Waals surface area contributed by atoms with Crippen molar-refractivity contribution in [3.8, 4) is 0 Å². The van der Waals surface area contributed by atoms with Gasteiger partial charge in [0.15, 0.2) is 0 Å². The van der Waals surface area contributed by atoms with Crippen LogP contribution in [0.2, 0.25) is 5.02 Å². The Morgan fingerprint density at radius 1 is 1.29 bits per heavy atom. The lowest BCUT2D eigenvalue weighted by Gasteiger charge is -2.07. The summed E-state index contributed by atoms with van der Waals surface area (Å²) in [6.45, 7) is 0.234. The van der Waals surface area contributed by atoms with Crippen molar-refractivity contribution in [1.29, 1.82) is 0 Å². The maximum atomic E-state index is 12.0. The van der Waals surface area contributed by atoms with E-state index in [1.807, 2.05) is 0 Å². The summed E-state index contributed by atoms with van der Waals surface area (Å²) in [6, 6.07) is 7.97. The van der Waals surface area contributed by atoms with Crippen molar-refractivity contribution in [2.24, 2.45) is 0 Å². The third-order valence-corrected chi connectivity index (χ3v) is 3.48. The fourth-order valence-electron chi connectivity index (χ4n) is 1.61. The van der Waals surface area contributed by atoms with Gasteiger partial charge in [-0.05, 0) is 29.8 Å². The summed E-state index contributed by atoms with van der Waals surface area (Å²) in [4.78, 5) is 26.5. The van der Waals surface area contributed by atoms with Crippen LogP contribution in [0, 0.1) is 0 Å². The van der Waals surface area contributed by atoms with E-state index in [2.05, 4.69) is 26.2 Å². The molecule has 7 heteroatoms. The van der Waals surface area contributed by atoms with Gasteiger partial charge in [0.2, 0.25) is 0 Å². The van der Waals surface area contributed by atoms with E-state index in [0.29, 0.717) is 16.1 Å². The number of carbonyl (C=O) groups excluding carboxylic acids is 1. The van der Waals surface area contributed by atoms with Gasteiger partial charge in [-0.2, -0.15) is 0 Å². The van der Waals surface area contributed by atoms with Crippen LogP contribution in [0.3, 0.4) is 0 Å². The average Bonchev–Trinajstić information content (AvgIpc) is 2.45. The van der Waals surface area contributed by atoms with Crippen molar-refractivity contribution < 1.29 is 14.7 Å². The van der Waals surface area contributed by atoms with Gasteiger partial charge in [0, 0.05) is 17.2 Å². The molecular weight excluding hydrogens is 360 g/mol. The highest BCUT2D eigenvalue weighted by atomic mass is 79.9. The van der Waals surface area contributed by atoms with Gasteiger partial charge in [-0.15, -0.1) is 0 Å². The second-order valence-corrected chi connectivity index (χ2v) is 5.49. The maximum Gasteiger partial charge on any atom is 0.354 e. The molecule has 0 aliphatic heterocycles. The van der Waals surface area contributed by atoms with Crippen LogP contribution in [0.1, 0.15) is 26.4 Å². The summed E-state index contributed by atoms with van der Waals surface area (Å²) in [6.07, 6.45) is 1.41. The lowest BCUT2D eigenvalue weighted by Crippen LogP contribution is -2.23. The summed E-state index contributed by atoms with van der Waals surface area (Å²) in [7, 11) is 0. The number of hydrogen-bond donors (Lipinski definition) is 2. The third-order valence-electron chi connectivity index (χ3n) is 2.67. The molecule has 2 rings (SSSR count). The molecule has 0 radical (unpaired) electrons. The second kappa shape index (κ2) is 6.69. The first kappa shape index (κ1) is 15.5. The van der Waals surface area contributed by atoms with E-state index < -0.39 is 5.97 Å². The van der Waals surface area contributed by atoms with E-state index in [1.165, 1.54) is 12.3 Å². The Morgan fingerprint density at radius 3 is 2.62 bits per heavy atom. The minimum absolute atomic E-state index is 0.0407. The number of aromatic nitrogens is 1. The number of aromatic carboxylic acids is 1. The standard InChI is InChI=1S/C14H10BrClN2O3/c15-9-2-3-10(11(16)5-9)13(19)18-7-8-1-4-12(14(20)21)17-6-8/h1-6H,7H2,(H,18,19)(H,20,21). The summed E-state index contributed by atoms with van der Waals surface area (Å²) in [5, 5.41) is 11.8. The first-order chi connectivity index (χ1) is 9.97. The molecule has 0 saturated heterocycles. The molecule has 0 spiro atoms. The molecule has 1 heterocycles. The Labute approximate surface area is 134 Å². The van der Waals surface area contributed by atoms with Gasteiger partial charge >= 0.3 is 5.97 Å².